The molecule has 0 amide bonds. The molecular formula is C18H22N2O3. The van der Waals surface area contributed by atoms with E-state index in [9.17, 15) is 4.79 Å². The summed E-state index contributed by atoms with van der Waals surface area (Å²) in [5, 5.41) is 9.02. The standard InChI is InChI=1S/C18H22N2O3/c1-2-15(18(21)22)8-4-3-6-14-7-5-9-17(10-14)23-12-16-11-19-13-20-16/h3,5-7,9-11,13,15H,2,4,8,12H2,1H3,(H,19,20)(H,21,22)/b6-3+. The first kappa shape index (κ1) is 16.8. The van der Waals surface area contributed by atoms with E-state index in [1.165, 1.54) is 0 Å². The van der Waals surface area contributed by atoms with Crippen LogP contribution in [0.25, 0.3) is 6.08 Å². The van der Waals surface area contributed by atoms with E-state index < -0.39 is 5.97 Å². The Kier molecular flexibility index (Phi) is 6.41. The zero-order valence-electron chi connectivity index (χ0n) is 13.2. The summed E-state index contributed by atoms with van der Waals surface area (Å²) in [7, 11) is 0. The molecular weight excluding hydrogens is 292 g/mol. The highest BCUT2D eigenvalue weighted by Crippen LogP contribution is 2.17. The van der Waals surface area contributed by atoms with Crippen molar-refractivity contribution in [2.45, 2.75) is 32.8 Å². The number of benzene rings is 1. The van der Waals surface area contributed by atoms with Crippen molar-refractivity contribution in [3.63, 3.8) is 0 Å². The average molecular weight is 314 g/mol. The molecule has 0 radical (unpaired) electrons. The Balaban J connectivity index is 1.84. The van der Waals surface area contributed by atoms with Gasteiger partial charge in [0.1, 0.15) is 12.4 Å². The molecule has 122 valence electrons. The van der Waals surface area contributed by atoms with Gasteiger partial charge in [-0.2, -0.15) is 0 Å². The molecule has 0 aliphatic heterocycles. The van der Waals surface area contributed by atoms with Crippen LogP contribution >= 0.6 is 0 Å². The summed E-state index contributed by atoms with van der Waals surface area (Å²) in [6.07, 6.45) is 9.45. The third-order valence-electron chi connectivity index (χ3n) is 3.64. The molecule has 5 nitrogen and oxygen atoms in total. The van der Waals surface area contributed by atoms with Crippen LogP contribution in [-0.2, 0) is 11.4 Å². The lowest BCUT2D eigenvalue weighted by atomic mass is 10.0. The Labute approximate surface area is 136 Å². The fourth-order valence-electron chi connectivity index (χ4n) is 2.25. The van der Waals surface area contributed by atoms with E-state index in [0.29, 0.717) is 19.4 Å². The molecule has 0 aliphatic rings. The molecule has 0 bridgehead atoms. The first-order valence-electron chi connectivity index (χ1n) is 7.78. The lowest BCUT2D eigenvalue weighted by molar-refractivity contribution is -0.142. The number of H-pyrrole nitrogens is 1. The maximum Gasteiger partial charge on any atom is 0.306 e. The fourth-order valence-corrected chi connectivity index (χ4v) is 2.25. The van der Waals surface area contributed by atoms with Crippen LogP contribution in [0.1, 0.15) is 37.4 Å². The number of allylic oxidation sites excluding steroid dienone is 1. The topological polar surface area (TPSA) is 75.2 Å². The molecule has 23 heavy (non-hydrogen) atoms. The van der Waals surface area contributed by atoms with Crippen molar-refractivity contribution in [3.8, 4) is 5.75 Å². The van der Waals surface area contributed by atoms with E-state index in [4.69, 9.17) is 9.84 Å². The number of ether oxygens (including phenoxy) is 1. The van der Waals surface area contributed by atoms with E-state index in [1.54, 1.807) is 12.5 Å². The number of hydrogen-bond donors (Lipinski definition) is 2. The number of imidazole rings is 1. The molecule has 2 N–H and O–H groups in total. The molecule has 2 aromatic rings. The Bertz CT molecular complexity index is 635. The highest BCUT2D eigenvalue weighted by atomic mass is 16.5. The summed E-state index contributed by atoms with van der Waals surface area (Å²) in [5.74, 6) is -0.183. The third kappa shape index (κ3) is 5.62. The number of aromatic nitrogens is 2. The monoisotopic (exact) mass is 314 g/mol. The van der Waals surface area contributed by atoms with Crippen LogP contribution in [0.5, 0.6) is 5.75 Å². The molecule has 1 aromatic heterocycles. The van der Waals surface area contributed by atoms with Gasteiger partial charge in [0.05, 0.1) is 24.1 Å². The van der Waals surface area contributed by atoms with Crippen molar-refractivity contribution in [1.82, 2.24) is 9.97 Å². The minimum atomic E-state index is -0.713. The molecule has 2 rings (SSSR count). The predicted octanol–water partition coefficient (Wildman–Crippen LogP) is 3.89. The predicted molar refractivity (Wildman–Crippen MR) is 89.0 cm³/mol. The third-order valence-corrected chi connectivity index (χ3v) is 3.64. The first-order valence-corrected chi connectivity index (χ1v) is 7.78. The molecule has 0 spiro atoms. The Hall–Kier alpha value is -2.56. The van der Waals surface area contributed by atoms with Crippen molar-refractivity contribution in [3.05, 3.63) is 54.1 Å². The van der Waals surface area contributed by atoms with E-state index in [1.807, 2.05) is 43.3 Å². The van der Waals surface area contributed by atoms with Gasteiger partial charge in [0, 0.05) is 0 Å². The SMILES string of the molecule is CCC(CC/C=C/c1cccc(OCc2cnc[nH]2)c1)C(=O)O. The van der Waals surface area contributed by atoms with Gasteiger partial charge in [-0.15, -0.1) is 0 Å². The lowest BCUT2D eigenvalue weighted by Crippen LogP contribution is -2.11. The van der Waals surface area contributed by atoms with Gasteiger partial charge in [-0.05, 0) is 37.0 Å². The average Bonchev–Trinajstić information content (AvgIpc) is 3.06. The number of aliphatic carboxylic acids is 1. The molecule has 0 saturated carbocycles. The summed E-state index contributed by atoms with van der Waals surface area (Å²) in [6, 6.07) is 7.80. The normalized spacial score (nSPS) is 12.4. The smallest absolute Gasteiger partial charge is 0.306 e. The number of hydrogen-bond acceptors (Lipinski definition) is 3. The Morgan fingerprint density at radius 1 is 1.48 bits per heavy atom. The van der Waals surface area contributed by atoms with Gasteiger partial charge >= 0.3 is 5.97 Å². The summed E-state index contributed by atoms with van der Waals surface area (Å²) in [4.78, 5) is 17.9. The van der Waals surface area contributed by atoms with Crippen molar-refractivity contribution >= 4 is 12.0 Å². The minimum Gasteiger partial charge on any atom is -0.487 e. The second-order valence-electron chi connectivity index (χ2n) is 5.36. The molecule has 5 heteroatoms. The number of carboxylic acid groups (broad SMARTS) is 1. The van der Waals surface area contributed by atoms with Crippen LogP contribution in [0.4, 0.5) is 0 Å². The number of carbonyl (C=O) groups is 1. The van der Waals surface area contributed by atoms with Crippen LogP contribution in [0.2, 0.25) is 0 Å². The van der Waals surface area contributed by atoms with Gasteiger partial charge in [0.25, 0.3) is 0 Å². The van der Waals surface area contributed by atoms with Gasteiger partial charge in [-0.3, -0.25) is 4.79 Å². The second kappa shape index (κ2) is 8.78. The molecule has 0 fully saturated rings. The molecule has 1 atom stereocenters. The van der Waals surface area contributed by atoms with E-state index >= 15 is 0 Å². The van der Waals surface area contributed by atoms with Crippen LogP contribution in [0, 0.1) is 5.92 Å². The van der Waals surface area contributed by atoms with E-state index in [-0.39, 0.29) is 5.92 Å². The number of nitrogens with one attached hydrogen (secondary N) is 1. The van der Waals surface area contributed by atoms with Crippen molar-refractivity contribution in [2.24, 2.45) is 5.92 Å². The molecule has 1 heterocycles. The zero-order chi connectivity index (χ0) is 16.5. The number of carboxylic acids is 1. The van der Waals surface area contributed by atoms with Crippen LogP contribution < -0.4 is 4.74 Å². The number of rotatable bonds is 9. The maximum atomic E-state index is 11.0. The largest absolute Gasteiger partial charge is 0.487 e. The summed E-state index contributed by atoms with van der Waals surface area (Å²) in [5.41, 5.74) is 1.96. The Morgan fingerprint density at radius 2 is 2.35 bits per heavy atom. The van der Waals surface area contributed by atoms with Crippen LogP contribution in [-0.4, -0.2) is 21.0 Å². The first-order chi connectivity index (χ1) is 11.2. The molecule has 1 unspecified atom stereocenters. The zero-order valence-corrected chi connectivity index (χ0v) is 13.2. The highest BCUT2D eigenvalue weighted by Gasteiger charge is 2.12. The van der Waals surface area contributed by atoms with Crippen molar-refractivity contribution in [1.29, 1.82) is 0 Å². The van der Waals surface area contributed by atoms with E-state index in [0.717, 1.165) is 23.4 Å². The second-order valence-corrected chi connectivity index (χ2v) is 5.36. The molecule has 0 saturated heterocycles. The Morgan fingerprint density at radius 3 is 3.04 bits per heavy atom. The van der Waals surface area contributed by atoms with Gasteiger partial charge in [-0.25, -0.2) is 4.98 Å². The number of aromatic amines is 1. The van der Waals surface area contributed by atoms with Crippen LogP contribution in [0.15, 0.2) is 42.9 Å². The minimum absolute atomic E-state index is 0.260. The quantitative estimate of drug-likeness (QED) is 0.736. The van der Waals surface area contributed by atoms with E-state index in [2.05, 4.69) is 9.97 Å². The maximum absolute atomic E-state index is 11.0. The lowest BCUT2D eigenvalue weighted by Gasteiger charge is -2.07. The summed E-state index contributed by atoms with van der Waals surface area (Å²) in [6.45, 7) is 2.35. The fraction of sp³-hybridized carbons (Fsp3) is 0.333. The van der Waals surface area contributed by atoms with Crippen LogP contribution in [0.3, 0.4) is 0 Å². The molecule has 1 aromatic carbocycles. The summed E-state index contributed by atoms with van der Waals surface area (Å²) < 4.78 is 5.70. The highest BCUT2D eigenvalue weighted by molar-refractivity contribution is 5.69. The van der Waals surface area contributed by atoms with Gasteiger partial charge in [0.15, 0.2) is 0 Å². The van der Waals surface area contributed by atoms with Gasteiger partial charge in [0.2, 0.25) is 0 Å². The van der Waals surface area contributed by atoms with Gasteiger partial charge in [-0.1, -0.05) is 31.2 Å². The van der Waals surface area contributed by atoms with Gasteiger partial charge < -0.3 is 14.8 Å². The molecule has 0 aliphatic carbocycles. The van der Waals surface area contributed by atoms with Crippen molar-refractivity contribution < 1.29 is 14.6 Å². The van der Waals surface area contributed by atoms with Crippen molar-refractivity contribution in [2.75, 3.05) is 0 Å². The number of nitrogens with zero attached hydrogens (tertiary/aromatic N) is 1. The summed E-state index contributed by atoms with van der Waals surface area (Å²) >= 11 is 0.